The fourth-order valence-corrected chi connectivity index (χ4v) is 2.76. The average Bonchev–Trinajstić information content (AvgIpc) is 2.49. The van der Waals surface area contributed by atoms with Crippen LogP contribution < -0.4 is 5.32 Å². The number of nitrogens with one attached hydrogen (secondary N) is 1. The number of benzene rings is 1. The van der Waals surface area contributed by atoms with Gasteiger partial charge in [0, 0.05) is 22.3 Å². The third-order valence-electron chi connectivity index (χ3n) is 3.15. The molecule has 0 aliphatic rings. The lowest BCUT2D eigenvalue weighted by atomic mass is 10.1. The maximum atomic E-state index is 4.75. The maximum absolute atomic E-state index is 4.75. The number of hydrogen-bond donors (Lipinski definition) is 1. The lowest BCUT2D eigenvalue weighted by Gasteiger charge is -2.17. The second-order valence-electron chi connectivity index (χ2n) is 4.40. The van der Waals surface area contributed by atoms with Gasteiger partial charge in [0.1, 0.15) is 0 Å². The van der Waals surface area contributed by atoms with Crippen LogP contribution >= 0.6 is 15.9 Å². The molecule has 100 valence electrons. The molecule has 1 N–H and O–H groups in total. The molecule has 2 aromatic heterocycles. The summed E-state index contributed by atoms with van der Waals surface area (Å²) >= 11 is 3.61. The minimum absolute atomic E-state index is 0.0947. The highest BCUT2D eigenvalue weighted by Crippen LogP contribution is 2.28. The molecular weight excluding hydrogens is 316 g/mol. The number of halogens is 1. The third kappa shape index (κ3) is 2.42. The fourth-order valence-electron chi connectivity index (χ4n) is 2.19. The lowest BCUT2D eigenvalue weighted by Crippen LogP contribution is -2.20. The first-order valence-corrected chi connectivity index (χ1v) is 7.07. The van der Waals surface area contributed by atoms with Gasteiger partial charge in [-0.05, 0) is 35.1 Å². The minimum Gasteiger partial charge on any atom is -0.307 e. The Hall–Kier alpha value is -1.85. The highest BCUT2D eigenvalue weighted by atomic mass is 79.9. The van der Waals surface area contributed by atoms with Gasteiger partial charge in [-0.2, -0.15) is 0 Å². The number of fused-ring (bicyclic) bond motifs is 1. The van der Waals surface area contributed by atoms with E-state index in [1.54, 1.807) is 18.6 Å². The number of rotatable bonds is 3. The van der Waals surface area contributed by atoms with Crippen LogP contribution in [0.2, 0.25) is 0 Å². The molecule has 20 heavy (non-hydrogen) atoms. The van der Waals surface area contributed by atoms with Crippen LogP contribution in [0.3, 0.4) is 0 Å². The van der Waals surface area contributed by atoms with Gasteiger partial charge in [0.2, 0.25) is 0 Å². The van der Waals surface area contributed by atoms with Gasteiger partial charge in [-0.3, -0.25) is 9.97 Å². The number of nitrogens with zero attached hydrogens (tertiary/aromatic N) is 3. The van der Waals surface area contributed by atoms with Crippen molar-refractivity contribution in [1.82, 2.24) is 20.3 Å². The molecule has 5 heteroatoms. The van der Waals surface area contributed by atoms with E-state index in [1.807, 2.05) is 31.3 Å². The number of para-hydroxylation sites is 1. The standard InChI is InChI=1S/C15H13BrN4/c1-17-15(13-9-18-6-7-19-13)14-11(16)8-10-4-2-3-5-12(10)20-14/h2-9,15,17H,1H3. The van der Waals surface area contributed by atoms with Crippen LogP contribution in [0.5, 0.6) is 0 Å². The Bertz CT molecular complexity index is 730. The van der Waals surface area contributed by atoms with Crippen molar-refractivity contribution in [3.63, 3.8) is 0 Å². The highest BCUT2D eigenvalue weighted by Gasteiger charge is 2.18. The van der Waals surface area contributed by atoms with Gasteiger partial charge in [-0.15, -0.1) is 0 Å². The largest absolute Gasteiger partial charge is 0.307 e. The van der Waals surface area contributed by atoms with Gasteiger partial charge >= 0.3 is 0 Å². The van der Waals surface area contributed by atoms with E-state index in [4.69, 9.17) is 4.98 Å². The number of pyridine rings is 1. The summed E-state index contributed by atoms with van der Waals surface area (Å²) in [6, 6.07) is 10.0. The normalized spacial score (nSPS) is 12.5. The first-order chi connectivity index (χ1) is 9.79. The smallest absolute Gasteiger partial charge is 0.0950 e. The molecule has 0 radical (unpaired) electrons. The van der Waals surface area contributed by atoms with Gasteiger partial charge in [-0.25, -0.2) is 4.98 Å². The second kappa shape index (κ2) is 5.64. The van der Waals surface area contributed by atoms with Crippen LogP contribution in [0.4, 0.5) is 0 Å². The van der Waals surface area contributed by atoms with Crippen LogP contribution in [-0.4, -0.2) is 22.0 Å². The molecule has 0 amide bonds. The molecule has 1 unspecified atom stereocenters. The average molecular weight is 329 g/mol. The highest BCUT2D eigenvalue weighted by molar-refractivity contribution is 9.10. The molecule has 0 bridgehead atoms. The summed E-state index contributed by atoms with van der Waals surface area (Å²) in [5.41, 5.74) is 2.72. The van der Waals surface area contributed by atoms with Gasteiger partial charge in [0.15, 0.2) is 0 Å². The van der Waals surface area contributed by atoms with Gasteiger partial charge in [0.25, 0.3) is 0 Å². The molecule has 0 saturated heterocycles. The Labute approximate surface area is 125 Å². The molecule has 0 saturated carbocycles. The Morgan fingerprint density at radius 2 is 2.05 bits per heavy atom. The minimum atomic E-state index is -0.0947. The molecule has 3 aromatic rings. The molecule has 4 nitrogen and oxygen atoms in total. The fraction of sp³-hybridized carbons (Fsp3) is 0.133. The molecule has 0 aliphatic carbocycles. The predicted octanol–water partition coefficient (Wildman–Crippen LogP) is 3.10. The van der Waals surface area contributed by atoms with Crippen molar-refractivity contribution in [2.45, 2.75) is 6.04 Å². The summed E-state index contributed by atoms with van der Waals surface area (Å²) in [5, 5.41) is 4.35. The van der Waals surface area contributed by atoms with Crippen LogP contribution in [0.15, 0.2) is 53.4 Å². The zero-order valence-electron chi connectivity index (χ0n) is 10.9. The van der Waals surface area contributed by atoms with E-state index in [0.29, 0.717) is 0 Å². The van der Waals surface area contributed by atoms with Crippen molar-refractivity contribution in [3.05, 3.63) is 64.8 Å². The topological polar surface area (TPSA) is 50.7 Å². The summed E-state index contributed by atoms with van der Waals surface area (Å²) in [5.74, 6) is 0. The zero-order chi connectivity index (χ0) is 13.9. The van der Waals surface area contributed by atoms with Crippen molar-refractivity contribution in [1.29, 1.82) is 0 Å². The van der Waals surface area contributed by atoms with Crippen LogP contribution in [0.25, 0.3) is 10.9 Å². The summed E-state index contributed by atoms with van der Waals surface area (Å²) < 4.78 is 0.959. The lowest BCUT2D eigenvalue weighted by molar-refractivity contribution is 0.647. The third-order valence-corrected chi connectivity index (χ3v) is 3.78. The number of aromatic nitrogens is 3. The Morgan fingerprint density at radius 3 is 2.80 bits per heavy atom. The van der Waals surface area contributed by atoms with Crippen molar-refractivity contribution in [3.8, 4) is 0 Å². The molecule has 1 aromatic carbocycles. The molecular formula is C15H13BrN4. The Balaban J connectivity index is 2.14. The van der Waals surface area contributed by atoms with E-state index >= 15 is 0 Å². The van der Waals surface area contributed by atoms with Crippen LogP contribution in [0.1, 0.15) is 17.4 Å². The van der Waals surface area contributed by atoms with Crippen molar-refractivity contribution >= 4 is 26.8 Å². The summed E-state index contributed by atoms with van der Waals surface area (Å²) in [6.45, 7) is 0. The second-order valence-corrected chi connectivity index (χ2v) is 5.25. The van der Waals surface area contributed by atoms with E-state index in [0.717, 1.165) is 26.8 Å². The SMILES string of the molecule is CNC(c1cnccn1)c1nc2ccccc2cc1Br. The molecule has 3 rings (SSSR count). The molecule has 1 atom stereocenters. The first kappa shape index (κ1) is 13.1. The van der Waals surface area contributed by atoms with Crippen LogP contribution in [0, 0.1) is 0 Å². The van der Waals surface area contributed by atoms with Gasteiger partial charge < -0.3 is 5.32 Å². The number of hydrogen-bond acceptors (Lipinski definition) is 4. The Kier molecular flexibility index (Phi) is 3.71. The van der Waals surface area contributed by atoms with Gasteiger partial charge in [0.05, 0.1) is 29.1 Å². The Morgan fingerprint density at radius 1 is 1.20 bits per heavy atom. The van der Waals surface area contributed by atoms with E-state index in [1.165, 1.54) is 0 Å². The molecule has 2 heterocycles. The summed E-state index contributed by atoms with van der Waals surface area (Å²) in [6.07, 6.45) is 5.11. The van der Waals surface area contributed by atoms with E-state index in [2.05, 4.69) is 37.3 Å². The maximum Gasteiger partial charge on any atom is 0.0950 e. The van der Waals surface area contributed by atoms with Crippen molar-refractivity contribution in [2.24, 2.45) is 0 Å². The van der Waals surface area contributed by atoms with E-state index in [-0.39, 0.29) is 6.04 Å². The van der Waals surface area contributed by atoms with Crippen molar-refractivity contribution < 1.29 is 0 Å². The predicted molar refractivity (Wildman–Crippen MR) is 82.4 cm³/mol. The van der Waals surface area contributed by atoms with E-state index < -0.39 is 0 Å². The first-order valence-electron chi connectivity index (χ1n) is 6.28. The molecule has 0 spiro atoms. The molecule has 0 aliphatic heterocycles. The van der Waals surface area contributed by atoms with Crippen LogP contribution in [-0.2, 0) is 0 Å². The zero-order valence-corrected chi connectivity index (χ0v) is 12.5. The van der Waals surface area contributed by atoms with Crippen molar-refractivity contribution in [2.75, 3.05) is 7.05 Å². The molecule has 0 fully saturated rings. The monoisotopic (exact) mass is 328 g/mol. The summed E-state index contributed by atoms with van der Waals surface area (Å²) in [7, 11) is 1.89. The van der Waals surface area contributed by atoms with Gasteiger partial charge in [-0.1, -0.05) is 18.2 Å². The van der Waals surface area contributed by atoms with E-state index in [9.17, 15) is 0 Å². The quantitative estimate of drug-likeness (QED) is 0.802. The summed E-state index contributed by atoms with van der Waals surface area (Å²) in [4.78, 5) is 13.2.